The zero-order valence-electron chi connectivity index (χ0n) is 15.9. The minimum absolute atomic E-state index is 0.00418. The molecule has 29 heavy (non-hydrogen) atoms. The van der Waals surface area contributed by atoms with Crippen molar-refractivity contribution in [2.45, 2.75) is 13.8 Å². The van der Waals surface area contributed by atoms with E-state index in [9.17, 15) is 4.79 Å². The molecule has 8 nitrogen and oxygen atoms in total. The van der Waals surface area contributed by atoms with Crippen molar-refractivity contribution in [2.24, 2.45) is 5.10 Å². The van der Waals surface area contributed by atoms with Crippen LogP contribution in [0.1, 0.15) is 27.6 Å². The SMILES string of the molecule is Cc1cc(C)n2nc(C(=O)N/N=C\c3cccc(Oc4ccccc4)c3)nc2n1. The molecule has 0 saturated heterocycles. The zero-order valence-corrected chi connectivity index (χ0v) is 15.9. The summed E-state index contributed by atoms with van der Waals surface area (Å²) in [4.78, 5) is 20.7. The maximum Gasteiger partial charge on any atom is 0.311 e. The molecule has 2 aromatic heterocycles. The van der Waals surface area contributed by atoms with Gasteiger partial charge in [-0.1, -0.05) is 30.3 Å². The fraction of sp³-hybridized carbons (Fsp3) is 0.0952. The Bertz CT molecular complexity index is 1200. The van der Waals surface area contributed by atoms with Gasteiger partial charge in [-0.15, -0.1) is 5.10 Å². The molecule has 0 bridgehead atoms. The van der Waals surface area contributed by atoms with Crippen LogP contribution < -0.4 is 10.2 Å². The van der Waals surface area contributed by atoms with Crippen molar-refractivity contribution in [1.82, 2.24) is 25.0 Å². The molecule has 144 valence electrons. The van der Waals surface area contributed by atoms with Crippen LogP contribution in [-0.2, 0) is 0 Å². The van der Waals surface area contributed by atoms with Crippen LogP contribution in [0.5, 0.6) is 11.5 Å². The van der Waals surface area contributed by atoms with E-state index >= 15 is 0 Å². The number of carbonyl (C=O) groups excluding carboxylic acids is 1. The van der Waals surface area contributed by atoms with E-state index in [0.29, 0.717) is 11.5 Å². The van der Waals surface area contributed by atoms with E-state index in [-0.39, 0.29) is 5.82 Å². The Kier molecular flexibility index (Phi) is 4.98. The third-order valence-electron chi connectivity index (χ3n) is 4.04. The molecule has 2 aromatic carbocycles. The second kappa shape index (κ2) is 7.89. The zero-order chi connectivity index (χ0) is 20.2. The Labute approximate surface area is 166 Å². The lowest BCUT2D eigenvalue weighted by atomic mass is 10.2. The monoisotopic (exact) mass is 386 g/mol. The fourth-order valence-electron chi connectivity index (χ4n) is 2.76. The highest BCUT2D eigenvalue weighted by atomic mass is 16.5. The van der Waals surface area contributed by atoms with Crippen molar-refractivity contribution in [3.63, 3.8) is 0 Å². The first kappa shape index (κ1) is 18.3. The van der Waals surface area contributed by atoms with Gasteiger partial charge in [0.15, 0.2) is 0 Å². The first-order valence-electron chi connectivity index (χ1n) is 8.96. The van der Waals surface area contributed by atoms with E-state index in [1.165, 1.54) is 10.7 Å². The molecule has 1 N–H and O–H groups in total. The lowest BCUT2D eigenvalue weighted by Gasteiger charge is -2.05. The van der Waals surface area contributed by atoms with E-state index in [1.54, 1.807) is 0 Å². The third-order valence-corrected chi connectivity index (χ3v) is 4.04. The van der Waals surface area contributed by atoms with Gasteiger partial charge >= 0.3 is 5.91 Å². The first-order valence-corrected chi connectivity index (χ1v) is 8.96. The van der Waals surface area contributed by atoms with Crippen molar-refractivity contribution in [3.8, 4) is 11.5 Å². The number of para-hydroxylation sites is 1. The predicted molar refractivity (Wildman–Crippen MR) is 108 cm³/mol. The molecule has 0 radical (unpaired) electrons. The number of benzene rings is 2. The van der Waals surface area contributed by atoms with Crippen LogP contribution in [-0.4, -0.2) is 31.7 Å². The van der Waals surface area contributed by atoms with E-state index in [2.05, 4.69) is 25.6 Å². The fourth-order valence-corrected chi connectivity index (χ4v) is 2.76. The van der Waals surface area contributed by atoms with Crippen LogP contribution in [0.25, 0.3) is 5.78 Å². The van der Waals surface area contributed by atoms with Gasteiger partial charge in [-0.25, -0.2) is 14.9 Å². The van der Waals surface area contributed by atoms with Crippen LogP contribution in [0.3, 0.4) is 0 Å². The van der Waals surface area contributed by atoms with E-state index in [0.717, 1.165) is 22.7 Å². The van der Waals surface area contributed by atoms with Crippen molar-refractivity contribution in [1.29, 1.82) is 0 Å². The Balaban J connectivity index is 1.44. The van der Waals surface area contributed by atoms with Gasteiger partial charge in [0.2, 0.25) is 5.82 Å². The molecule has 0 aliphatic carbocycles. The summed E-state index contributed by atoms with van der Waals surface area (Å²) >= 11 is 0. The summed E-state index contributed by atoms with van der Waals surface area (Å²) in [6, 6.07) is 18.7. The molecule has 0 atom stereocenters. The maximum absolute atomic E-state index is 12.3. The van der Waals surface area contributed by atoms with Gasteiger partial charge < -0.3 is 4.74 Å². The second-order valence-electron chi connectivity index (χ2n) is 6.37. The normalized spacial score (nSPS) is 11.1. The van der Waals surface area contributed by atoms with Gasteiger partial charge in [-0.2, -0.15) is 10.1 Å². The molecule has 0 fully saturated rings. The van der Waals surface area contributed by atoms with Crippen LogP contribution >= 0.6 is 0 Å². The highest BCUT2D eigenvalue weighted by molar-refractivity contribution is 5.91. The van der Waals surface area contributed by atoms with Crippen LogP contribution in [0.15, 0.2) is 65.8 Å². The predicted octanol–water partition coefficient (Wildman–Crippen LogP) is 3.30. The summed E-state index contributed by atoms with van der Waals surface area (Å²) in [6.45, 7) is 3.74. The minimum atomic E-state index is -0.513. The molecule has 0 aliphatic rings. The molecule has 0 aliphatic heterocycles. The summed E-state index contributed by atoms with van der Waals surface area (Å²) in [5.74, 6) is 1.28. The average Bonchev–Trinajstić information content (AvgIpc) is 3.14. The largest absolute Gasteiger partial charge is 0.457 e. The van der Waals surface area contributed by atoms with Crippen molar-refractivity contribution >= 4 is 17.9 Å². The molecule has 0 saturated carbocycles. The summed E-state index contributed by atoms with van der Waals surface area (Å²) in [7, 11) is 0. The lowest BCUT2D eigenvalue weighted by molar-refractivity contribution is 0.0945. The van der Waals surface area contributed by atoms with Gasteiger partial charge in [-0.05, 0) is 49.7 Å². The standard InChI is InChI=1S/C21H18N6O2/c1-14-11-15(2)27-21(23-14)24-19(26-27)20(28)25-22-13-16-7-6-10-18(12-16)29-17-8-4-3-5-9-17/h3-13H,1-2H3,(H,25,28)/b22-13-. The number of hydrogen-bond acceptors (Lipinski definition) is 6. The van der Waals surface area contributed by atoms with Crippen molar-refractivity contribution in [2.75, 3.05) is 0 Å². The highest BCUT2D eigenvalue weighted by Crippen LogP contribution is 2.21. The Morgan fingerprint density at radius 1 is 1.03 bits per heavy atom. The Morgan fingerprint density at radius 2 is 1.83 bits per heavy atom. The number of nitrogens with one attached hydrogen (secondary N) is 1. The topological polar surface area (TPSA) is 93.8 Å². The van der Waals surface area contributed by atoms with Crippen molar-refractivity contribution in [3.05, 3.63) is 83.4 Å². The van der Waals surface area contributed by atoms with E-state index in [1.807, 2.05) is 74.5 Å². The van der Waals surface area contributed by atoms with Gasteiger partial charge in [0, 0.05) is 11.4 Å². The number of amides is 1. The summed E-state index contributed by atoms with van der Waals surface area (Å²) in [5, 5.41) is 8.16. The number of hydrogen-bond donors (Lipinski definition) is 1. The number of fused-ring (bicyclic) bond motifs is 1. The van der Waals surface area contributed by atoms with Gasteiger partial charge in [0.1, 0.15) is 11.5 Å². The molecule has 8 heteroatoms. The maximum atomic E-state index is 12.3. The van der Waals surface area contributed by atoms with Gasteiger partial charge in [-0.3, -0.25) is 4.79 Å². The quantitative estimate of drug-likeness (QED) is 0.420. The Hall–Kier alpha value is -4.07. The van der Waals surface area contributed by atoms with Gasteiger partial charge in [0.05, 0.1) is 6.21 Å². The van der Waals surface area contributed by atoms with Crippen LogP contribution in [0.4, 0.5) is 0 Å². The lowest BCUT2D eigenvalue weighted by Crippen LogP contribution is -2.19. The number of hydrazone groups is 1. The van der Waals surface area contributed by atoms with Crippen LogP contribution in [0.2, 0.25) is 0 Å². The Morgan fingerprint density at radius 3 is 2.66 bits per heavy atom. The molecule has 0 unspecified atom stereocenters. The molecular weight excluding hydrogens is 368 g/mol. The summed E-state index contributed by atoms with van der Waals surface area (Å²) < 4.78 is 7.32. The second-order valence-corrected chi connectivity index (χ2v) is 6.37. The van der Waals surface area contributed by atoms with Crippen molar-refractivity contribution < 1.29 is 9.53 Å². The van der Waals surface area contributed by atoms with E-state index < -0.39 is 5.91 Å². The number of carbonyl (C=O) groups is 1. The first-order chi connectivity index (χ1) is 14.1. The number of rotatable bonds is 5. The number of aryl methyl sites for hydroxylation is 2. The van der Waals surface area contributed by atoms with Crippen LogP contribution in [0, 0.1) is 13.8 Å². The highest BCUT2D eigenvalue weighted by Gasteiger charge is 2.14. The number of ether oxygens (including phenoxy) is 1. The smallest absolute Gasteiger partial charge is 0.311 e. The molecule has 4 aromatic rings. The molecule has 0 spiro atoms. The molecular formula is C21H18N6O2. The average molecular weight is 386 g/mol. The summed E-state index contributed by atoms with van der Waals surface area (Å²) in [6.07, 6.45) is 1.53. The number of aromatic nitrogens is 4. The number of nitrogens with zero attached hydrogens (tertiary/aromatic N) is 5. The molecule has 1 amide bonds. The third kappa shape index (κ3) is 4.27. The molecule has 4 rings (SSSR count). The summed E-state index contributed by atoms with van der Waals surface area (Å²) in [5.41, 5.74) is 4.86. The van der Waals surface area contributed by atoms with E-state index in [4.69, 9.17) is 4.74 Å². The minimum Gasteiger partial charge on any atom is -0.457 e. The van der Waals surface area contributed by atoms with Gasteiger partial charge in [0.25, 0.3) is 5.78 Å². The molecule has 2 heterocycles.